The predicted molar refractivity (Wildman–Crippen MR) is 66.9 cm³/mol. The van der Waals surface area contributed by atoms with Crippen molar-refractivity contribution in [3.8, 4) is 11.5 Å². The Balaban J connectivity index is 2.22. The molecule has 2 aromatic rings. The molecule has 0 aliphatic carbocycles. The molecule has 0 radical (unpaired) electrons. The van der Waals surface area contributed by atoms with Crippen LogP contribution in [-0.2, 0) is 0 Å². The number of nitro benzene ring substituents is 1. The van der Waals surface area contributed by atoms with Crippen LogP contribution in [0.2, 0.25) is 0 Å². The minimum Gasteiger partial charge on any atom is -0.447 e. The van der Waals surface area contributed by atoms with Crippen molar-refractivity contribution in [2.45, 2.75) is 0 Å². The van der Waals surface area contributed by atoms with Crippen LogP contribution in [-0.4, -0.2) is 11.1 Å². The fourth-order valence-electron chi connectivity index (χ4n) is 1.80. The summed E-state index contributed by atoms with van der Waals surface area (Å²) in [5.41, 5.74) is 1.19. The second kappa shape index (κ2) is 3.96. The van der Waals surface area contributed by atoms with E-state index in [1.54, 1.807) is 36.5 Å². The van der Waals surface area contributed by atoms with E-state index < -0.39 is 4.92 Å². The Morgan fingerprint density at radius 1 is 1.11 bits per heavy atom. The van der Waals surface area contributed by atoms with Crippen molar-refractivity contribution in [3.05, 3.63) is 58.1 Å². The van der Waals surface area contributed by atoms with Gasteiger partial charge in [-0.1, -0.05) is 18.2 Å². The topological polar surface area (TPSA) is 64.7 Å². The SMILES string of the molecule is O=[N+]([O-])c1cccc2c1Oc1ccccc1N=C2. The standard InChI is InChI=1S/C13H8N2O3/c16-15(17)11-6-3-4-9-8-14-10-5-1-2-7-12(10)18-13(9)11/h1-8H. The van der Waals surface area contributed by atoms with Gasteiger partial charge in [0.1, 0.15) is 5.69 Å². The van der Waals surface area contributed by atoms with Crippen LogP contribution in [0.1, 0.15) is 5.56 Å². The third-order valence-electron chi connectivity index (χ3n) is 2.64. The molecule has 0 fully saturated rings. The van der Waals surface area contributed by atoms with Crippen molar-refractivity contribution < 1.29 is 9.66 Å². The number of hydrogen-bond donors (Lipinski definition) is 0. The zero-order valence-corrected chi connectivity index (χ0v) is 9.24. The monoisotopic (exact) mass is 240 g/mol. The van der Waals surface area contributed by atoms with Crippen LogP contribution in [0.3, 0.4) is 0 Å². The number of rotatable bonds is 1. The summed E-state index contributed by atoms with van der Waals surface area (Å²) in [5, 5.41) is 11.0. The first-order valence-electron chi connectivity index (χ1n) is 5.34. The van der Waals surface area contributed by atoms with Gasteiger partial charge in [-0.15, -0.1) is 0 Å². The molecule has 0 bridgehead atoms. The molecule has 18 heavy (non-hydrogen) atoms. The van der Waals surface area contributed by atoms with Gasteiger partial charge in [-0.2, -0.15) is 0 Å². The fraction of sp³-hybridized carbons (Fsp3) is 0. The van der Waals surface area contributed by atoms with Crippen molar-refractivity contribution in [1.82, 2.24) is 0 Å². The maximum absolute atomic E-state index is 11.0. The van der Waals surface area contributed by atoms with Gasteiger partial charge in [0.2, 0.25) is 5.75 Å². The van der Waals surface area contributed by atoms with Crippen LogP contribution >= 0.6 is 0 Å². The highest BCUT2D eigenvalue weighted by atomic mass is 16.6. The Bertz CT molecular complexity index is 665. The van der Waals surface area contributed by atoms with E-state index in [1.165, 1.54) is 6.07 Å². The highest BCUT2D eigenvalue weighted by Crippen LogP contribution is 2.40. The van der Waals surface area contributed by atoms with Gasteiger partial charge < -0.3 is 4.74 Å². The zero-order valence-electron chi connectivity index (χ0n) is 9.24. The van der Waals surface area contributed by atoms with Crippen molar-refractivity contribution >= 4 is 17.6 Å². The second-order valence-corrected chi connectivity index (χ2v) is 3.78. The van der Waals surface area contributed by atoms with Crippen molar-refractivity contribution in [2.75, 3.05) is 0 Å². The van der Waals surface area contributed by atoms with E-state index >= 15 is 0 Å². The number of para-hydroxylation sites is 3. The Kier molecular flexibility index (Phi) is 2.30. The van der Waals surface area contributed by atoms with E-state index in [0.717, 1.165) is 0 Å². The number of nitro groups is 1. The molecule has 0 N–H and O–H groups in total. The van der Waals surface area contributed by atoms with Crippen LogP contribution < -0.4 is 4.74 Å². The molecule has 1 aliphatic rings. The van der Waals surface area contributed by atoms with Gasteiger partial charge in [-0.05, 0) is 18.2 Å². The molecule has 1 aliphatic heterocycles. The van der Waals surface area contributed by atoms with E-state index in [0.29, 0.717) is 17.0 Å². The number of benzene rings is 2. The molecular formula is C13H8N2O3. The van der Waals surface area contributed by atoms with Crippen molar-refractivity contribution in [3.63, 3.8) is 0 Å². The molecule has 5 heteroatoms. The number of ether oxygens (including phenoxy) is 1. The third-order valence-corrected chi connectivity index (χ3v) is 2.64. The summed E-state index contributed by atoms with van der Waals surface area (Å²) in [7, 11) is 0. The summed E-state index contributed by atoms with van der Waals surface area (Å²) in [6, 6.07) is 11.9. The van der Waals surface area contributed by atoms with Crippen molar-refractivity contribution in [2.24, 2.45) is 4.99 Å². The van der Waals surface area contributed by atoms with E-state index in [-0.39, 0.29) is 11.4 Å². The molecule has 0 spiro atoms. The summed E-state index contributed by atoms with van der Waals surface area (Å²) in [6.45, 7) is 0. The summed E-state index contributed by atoms with van der Waals surface area (Å²) < 4.78 is 5.63. The number of fused-ring (bicyclic) bond motifs is 2. The highest BCUT2D eigenvalue weighted by Gasteiger charge is 2.21. The van der Waals surface area contributed by atoms with Crippen LogP contribution in [0.25, 0.3) is 0 Å². The van der Waals surface area contributed by atoms with Gasteiger partial charge >= 0.3 is 5.69 Å². The Morgan fingerprint density at radius 2 is 1.94 bits per heavy atom. The predicted octanol–water partition coefficient (Wildman–Crippen LogP) is 3.45. The lowest BCUT2D eigenvalue weighted by Crippen LogP contribution is -1.95. The largest absolute Gasteiger partial charge is 0.447 e. The van der Waals surface area contributed by atoms with Crippen LogP contribution in [0.15, 0.2) is 47.5 Å². The summed E-state index contributed by atoms with van der Waals surface area (Å²) >= 11 is 0. The van der Waals surface area contributed by atoms with Gasteiger partial charge in [0.05, 0.1) is 4.92 Å². The first-order chi connectivity index (χ1) is 8.75. The summed E-state index contributed by atoms with van der Waals surface area (Å²) in [5.74, 6) is 0.748. The average Bonchev–Trinajstić information content (AvgIpc) is 2.57. The quantitative estimate of drug-likeness (QED) is 0.483. The Labute approximate surface area is 103 Å². The van der Waals surface area contributed by atoms with Gasteiger partial charge in [0, 0.05) is 17.8 Å². The van der Waals surface area contributed by atoms with Gasteiger partial charge in [0.25, 0.3) is 0 Å². The summed E-state index contributed by atoms with van der Waals surface area (Å²) in [4.78, 5) is 14.8. The molecule has 88 valence electrons. The van der Waals surface area contributed by atoms with Gasteiger partial charge in [-0.3, -0.25) is 15.1 Å². The molecule has 0 aromatic heterocycles. The first-order valence-corrected chi connectivity index (χ1v) is 5.34. The highest BCUT2D eigenvalue weighted by molar-refractivity contribution is 5.89. The van der Waals surface area contributed by atoms with Crippen LogP contribution in [0.5, 0.6) is 11.5 Å². The average molecular weight is 240 g/mol. The maximum Gasteiger partial charge on any atom is 0.312 e. The smallest absolute Gasteiger partial charge is 0.312 e. The van der Waals surface area contributed by atoms with Crippen LogP contribution in [0.4, 0.5) is 11.4 Å². The lowest BCUT2D eigenvalue weighted by Gasteiger charge is -2.07. The maximum atomic E-state index is 11.0. The molecule has 5 nitrogen and oxygen atoms in total. The van der Waals surface area contributed by atoms with Gasteiger partial charge in [-0.25, -0.2) is 0 Å². The molecule has 1 heterocycles. The van der Waals surface area contributed by atoms with E-state index in [1.807, 2.05) is 6.07 Å². The molecule has 2 aromatic carbocycles. The molecule has 0 saturated heterocycles. The van der Waals surface area contributed by atoms with E-state index in [9.17, 15) is 10.1 Å². The molecular weight excluding hydrogens is 232 g/mol. The Morgan fingerprint density at radius 3 is 2.78 bits per heavy atom. The molecule has 0 saturated carbocycles. The van der Waals surface area contributed by atoms with Gasteiger partial charge in [0.15, 0.2) is 5.75 Å². The van der Waals surface area contributed by atoms with Crippen molar-refractivity contribution in [1.29, 1.82) is 0 Å². The molecule has 0 unspecified atom stereocenters. The summed E-state index contributed by atoms with van der Waals surface area (Å²) in [6.07, 6.45) is 1.58. The van der Waals surface area contributed by atoms with Crippen LogP contribution in [0, 0.1) is 10.1 Å². The number of aliphatic imine (C=N–C) groups is 1. The lowest BCUT2D eigenvalue weighted by molar-refractivity contribution is -0.385. The minimum atomic E-state index is -0.458. The number of hydrogen-bond acceptors (Lipinski definition) is 4. The minimum absolute atomic E-state index is 0.0596. The fourth-order valence-corrected chi connectivity index (χ4v) is 1.80. The number of nitrogens with zero attached hydrogens (tertiary/aromatic N) is 2. The second-order valence-electron chi connectivity index (χ2n) is 3.78. The lowest BCUT2D eigenvalue weighted by atomic mass is 10.2. The van der Waals surface area contributed by atoms with E-state index in [4.69, 9.17) is 4.74 Å². The van der Waals surface area contributed by atoms with E-state index in [2.05, 4.69) is 4.99 Å². The normalized spacial score (nSPS) is 12.0. The Hall–Kier alpha value is -2.69. The molecule has 0 amide bonds. The molecule has 0 atom stereocenters. The zero-order chi connectivity index (χ0) is 12.5. The first kappa shape index (κ1) is 10.5. The molecule has 3 rings (SSSR count). The third kappa shape index (κ3) is 1.62.